The molecule has 0 unspecified atom stereocenters. The topological polar surface area (TPSA) is 106 Å². The molecular formula is C21H24N6O2. The van der Waals surface area contributed by atoms with E-state index in [1.165, 1.54) is 4.90 Å². The van der Waals surface area contributed by atoms with Gasteiger partial charge in [-0.05, 0) is 32.9 Å². The number of hydrogen-bond acceptors (Lipinski definition) is 4. The maximum absolute atomic E-state index is 13.3. The summed E-state index contributed by atoms with van der Waals surface area (Å²) in [4.78, 5) is 31.0. The van der Waals surface area contributed by atoms with Crippen LogP contribution in [0.1, 0.15) is 36.8 Å². The van der Waals surface area contributed by atoms with Gasteiger partial charge in [-0.3, -0.25) is 14.5 Å². The van der Waals surface area contributed by atoms with Crippen LogP contribution in [0.15, 0.2) is 36.5 Å². The van der Waals surface area contributed by atoms with Crippen molar-refractivity contribution in [1.29, 1.82) is 0 Å². The van der Waals surface area contributed by atoms with Gasteiger partial charge in [0.2, 0.25) is 0 Å². The third-order valence-corrected chi connectivity index (χ3v) is 4.91. The fourth-order valence-electron chi connectivity index (χ4n) is 3.65. The summed E-state index contributed by atoms with van der Waals surface area (Å²) in [5.41, 5.74) is 8.50. The van der Waals surface area contributed by atoms with Gasteiger partial charge < -0.3 is 16.0 Å². The molecule has 4 rings (SSSR count). The summed E-state index contributed by atoms with van der Waals surface area (Å²) in [5.74, 6) is -0.221. The zero-order valence-electron chi connectivity index (χ0n) is 16.8. The molecule has 0 saturated heterocycles. The number of urea groups is 1. The van der Waals surface area contributed by atoms with Gasteiger partial charge >= 0.3 is 6.03 Å². The Kier molecular flexibility index (Phi) is 4.49. The summed E-state index contributed by atoms with van der Waals surface area (Å²) < 4.78 is 1.81. The van der Waals surface area contributed by atoms with E-state index in [0.717, 1.165) is 16.5 Å². The Morgan fingerprint density at radius 2 is 1.93 bits per heavy atom. The third kappa shape index (κ3) is 3.53. The van der Waals surface area contributed by atoms with Crippen LogP contribution >= 0.6 is 0 Å². The standard InChI is InChI=1S/C21H24N6O2/c1-21(2,3)24-19(28)17-16-12-26(20(22)29)10-11-27(16)25-18(17)14-6-4-8-15-13(14)7-5-9-23-15/h4-9H,10-12H2,1-3H3,(H2,22,29)(H,24,28). The van der Waals surface area contributed by atoms with Crippen LogP contribution in [-0.4, -0.2) is 43.7 Å². The van der Waals surface area contributed by atoms with Crippen molar-refractivity contribution in [3.05, 3.63) is 47.8 Å². The maximum Gasteiger partial charge on any atom is 0.315 e. The largest absolute Gasteiger partial charge is 0.351 e. The Morgan fingerprint density at radius 1 is 1.14 bits per heavy atom. The van der Waals surface area contributed by atoms with E-state index in [1.54, 1.807) is 6.20 Å². The lowest BCUT2D eigenvalue weighted by Crippen LogP contribution is -2.44. The molecule has 3 N–H and O–H groups in total. The van der Waals surface area contributed by atoms with E-state index in [1.807, 2.05) is 55.8 Å². The highest BCUT2D eigenvalue weighted by Gasteiger charge is 2.31. The Balaban J connectivity index is 1.92. The third-order valence-electron chi connectivity index (χ3n) is 4.91. The molecule has 1 aromatic carbocycles. The van der Waals surface area contributed by atoms with Crippen LogP contribution < -0.4 is 11.1 Å². The van der Waals surface area contributed by atoms with Gasteiger partial charge in [0.15, 0.2) is 0 Å². The van der Waals surface area contributed by atoms with Crippen LogP contribution in [0.25, 0.3) is 22.2 Å². The Hall–Kier alpha value is -3.42. The number of hydrogen-bond donors (Lipinski definition) is 2. The normalized spacial score (nSPS) is 14.0. The molecule has 150 valence electrons. The zero-order chi connectivity index (χ0) is 20.8. The van der Waals surface area contributed by atoms with Gasteiger partial charge in [-0.25, -0.2) is 4.79 Å². The van der Waals surface area contributed by atoms with Gasteiger partial charge in [0.25, 0.3) is 5.91 Å². The van der Waals surface area contributed by atoms with E-state index in [9.17, 15) is 9.59 Å². The SMILES string of the molecule is CC(C)(C)NC(=O)c1c(-c2cccc3ncccc23)nn2c1CN(C(N)=O)CC2. The van der Waals surface area contributed by atoms with Crippen LogP contribution in [0, 0.1) is 0 Å². The van der Waals surface area contributed by atoms with E-state index >= 15 is 0 Å². The first-order valence-corrected chi connectivity index (χ1v) is 9.55. The van der Waals surface area contributed by atoms with Crippen molar-refractivity contribution in [2.75, 3.05) is 6.54 Å². The van der Waals surface area contributed by atoms with E-state index in [2.05, 4.69) is 10.3 Å². The van der Waals surface area contributed by atoms with Crippen LogP contribution in [0.4, 0.5) is 4.79 Å². The van der Waals surface area contributed by atoms with Crippen molar-refractivity contribution in [2.24, 2.45) is 5.73 Å². The lowest BCUT2D eigenvalue weighted by Gasteiger charge is -2.27. The number of nitrogens with one attached hydrogen (secondary N) is 1. The zero-order valence-corrected chi connectivity index (χ0v) is 16.8. The molecule has 3 heterocycles. The number of carbonyl (C=O) groups is 2. The summed E-state index contributed by atoms with van der Waals surface area (Å²) in [7, 11) is 0. The number of rotatable bonds is 2. The van der Waals surface area contributed by atoms with Gasteiger partial charge in [-0.1, -0.05) is 18.2 Å². The number of amides is 3. The average molecular weight is 392 g/mol. The van der Waals surface area contributed by atoms with E-state index in [-0.39, 0.29) is 12.5 Å². The quantitative estimate of drug-likeness (QED) is 0.699. The molecule has 2 aromatic heterocycles. The molecule has 3 aromatic rings. The monoisotopic (exact) mass is 392 g/mol. The molecule has 0 saturated carbocycles. The molecule has 0 spiro atoms. The molecule has 1 aliphatic heterocycles. The second-order valence-corrected chi connectivity index (χ2v) is 8.23. The van der Waals surface area contributed by atoms with Crippen molar-refractivity contribution >= 4 is 22.8 Å². The number of pyridine rings is 1. The first kappa shape index (κ1) is 18.9. The number of primary amides is 1. The average Bonchev–Trinajstić information content (AvgIpc) is 3.04. The molecular weight excluding hydrogens is 368 g/mol. The Labute approximate surface area is 168 Å². The summed E-state index contributed by atoms with van der Waals surface area (Å²) in [6.45, 7) is 6.98. The Bertz CT molecular complexity index is 1110. The number of benzene rings is 1. The minimum Gasteiger partial charge on any atom is -0.351 e. The van der Waals surface area contributed by atoms with Gasteiger partial charge in [-0.2, -0.15) is 5.10 Å². The Morgan fingerprint density at radius 3 is 2.66 bits per heavy atom. The number of nitrogens with zero attached hydrogens (tertiary/aromatic N) is 4. The fraction of sp³-hybridized carbons (Fsp3) is 0.333. The first-order valence-electron chi connectivity index (χ1n) is 9.55. The van der Waals surface area contributed by atoms with E-state index < -0.39 is 11.6 Å². The van der Waals surface area contributed by atoms with Gasteiger partial charge in [0.1, 0.15) is 5.69 Å². The first-order chi connectivity index (χ1) is 13.7. The number of carbonyl (C=O) groups excluding carboxylic acids is 2. The fourth-order valence-corrected chi connectivity index (χ4v) is 3.65. The van der Waals surface area contributed by atoms with Crippen molar-refractivity contribution in [3.63, 3.8) is 0 Å². The summed E-state index contributed by atoms with van der Waals surface area (Å²) >= 11 is 0. The predicted octanol–water partition coefficient (Wildman–Crippen LogP) is 2.52. The van der Waals surface area contributed by atoms with Crippen molar-refractivity contribution in [2.45, 2.75) is 39.4 Å². The second kappa shape index (κ2) is 6.88. The minimum atomic E-state index is -0.504. The van der Waals surface area contributed by atoms with E-state index in [4.69, 9.17) is 10.8 Å². The molecule has 0 atom stereocenters. The lowest BCUT2D eigenvalue weighted by atomic mass is 9.99. The van der Waals surface area contributed by atoms with Gasteiger partial charge in [0.05, 0.1) is 29.9 Å². The highest BCUT2D eigenvalue weighted by Crippen LogP contribution is 2.33. The molecule has 3 amide bonds. The predicted molar refractivity (Wildman–Crippen MR) is 110 cm³/mol. The molecule has 8 nitrogen and oxygen atoms in total. The van der Waals surface area contributed by atoms with Crippen LogP contribution in [0.2, 0.25) is 0 Å². The van der Waals surface area contributed by atoms with Crippen molar-refractivity contribution in [1.82, 2.24) is 25.0 Å². The molecule has 29 heavy (non-hydrogen) atoms. The molecule has 1 aliphatic rings. The van der Waals surface area contributed by atoms with Crippen LogP contribution in [-0.2, 0) is 13.1 Å². The molecule has 0 bridgehead atoms. The summed E-state index contributed by atoms with van der Waals surface area (Å²) in [5, 5.41) is 8.72. The van der Waals surface area contributed by atoms with Crippen molar-refractivity contribution in [3.8, 4) is 11.3 Å². The number of fused-ring (bicyclic) bond motifs is 2. The summed E-state index contributed by atoms with van der Waals surface area (Å²) in [6.07, 6.45) is 1.74. The lowest BCUT2D eigenvalue weighted by molar-refractivity contribution is 0.0916. The van der Waals surface area contributed by atoms with Crippen molar-refractivity contribution < 1.29 is 9.59 Å². The smallest absolute Gasteiger partial charge is 0.315 e. The van der Waals surface area contributed by atoms with E-state index in [0.29, 0.717) is 30.0 Å². The molecule has 0 fully saturated rings. The van der Waals surface area contributed by atoms with Gasteiger partial charge in [0, 0.05) is 29.2 Å². The molecule has 0 radical (unpaired) electrons. The number of aromatic nitrogens is 3. The van der Waals surface area contributed by atoms with Crippen LogP contribution in [0.5, 0.6) is 0 Å². The van der Waals surface area contributed by atoms with Crippen LogP contribution in [0.3, 0.4) is 0 Å². The highest BCUT2D eigenvalue weighted by atomic mass is 16.2. The molecule has 0 aliphatic carbocycles. The number of nitrogens with two attached hydrogens (primary N) is 1. The summed E-state index contributed by atoms with van der Waals surface area (Å²) in [6, 6.07) is 9.11. The minimum absolute atomic E-state index is 0.221. The van der Waals surface area contributed by atoms with Gasteiger partial charge in [-0.15, -0.1) is 0 Å². The second-order valence-electron chi connectivity index (χ2n) is 8.23. The highest BCUT2D eigenvalue weighted by molar-refractivity contribution is 6.05. The molecule has 8 heteroatoms. The maximum atomic E-state index is 13.3.